The fraction of sp³-hybridized carbons (Fsp3) is 0.0455. The molecule has 0 aliphatic heterocycles. The fourth-order valence-electron chi connectivity index (χ4n) is 2.79. The van der Waals surface area contributed by atoms with Crippen LogP contribution in [0.5, 0.6) is 0 Å². The van der Waals surface area contributed by atoms with Crippen LogP contribution in [0.2, 0.25) is 0 Å². The van der Waals surface area contributed by atoms with Crippen LogP contribution in [0.1, 0.15) is 31.8 Å². The van der Waals surface area contributed by atoms with Gasteiger partial charge in [-0.05, 0) is 29.8 Å². The van der Waals surface area contributed by atoms with E-state index in [1.807, 2.05) is 0 Å². The monoisotopic (exact) mass is 409 g/mol. The number of hydrogen-bond acceptors (Lipinski definition) is 3. The molecule has 0 aromatic heterocycles. The Hall–Kier alpha value is -4.07. The Morgan fingerprint density at radius 2 is 1.43 bits per heavy atom. The van der Waals surface area contributed by atoms with Crippen molar-refractivity contribution in [3.63, 3.8) is 0 Å². The lowest BCUT2D eigenvalue weighted by molar-refractivity contribution is 0.0939. The summed E-state index contributed by atoms with van der Waals surface area (Å²) in [7, 11) is 0. The second kappa shape index (κ2) is 8.95. The Balaban J connectivity index is 1.80. The average molecular weight is 409 g/mol. The summed E-state index contributed by atoms with van der Waals surface area (Å²) in [5.74, 6) is -3.77. The number of urea groups is 1. The summed E-state index contributed by atoms with van der Waals surface area (Å²) in [6.45, 7) is 0.0631. The van der Waals surface area contributed by atoms with Crippen molar-refractivity contribution in [1.29, 1.82) is 0 Å². The van der Waals surface area contributed by atoms with Crippen LogP contribution >= 0.6 is 0 Å². The molecule has 0 saturated carbocycles. The third kappa shape index (κ3) is 4.85. The van der Waals surface area contributed by atoms with E-state index >= 15 is 0 Å². The number of carbonyl (C=O) groups excluding carboxylic acids is 3. The molecule has 0 fully saturated rings. The molecule has 3 aromatic rings. The number of rotatable bonds is 6. The second-order valence-corrected chi connectivity index (χ2v) is 6.38. The third-order valence-electron chi connectivity index (χ3n) is 4.26. The first kappa shape index (κ1) is 20.7. The molecule has 4 N–H and O–H groups in total. The molecule has 0 saturated heterocycles. The number of ketones is 1. The van der Waals surface area contributed by atoms with Crippen LogP contribution in [-0.2, 0) is 6.54 Å². The van der Waals surface area contributed by atoms with Crippen LogP contribution in [0, 0.1) is 11.6 Å². The highest BCUT2D eigenvalue weighted by Crippen LogP contribution is 2.19. The highest BCUT2D eigenvalue weighted by Gasteiger charge is 2.21. The number of anilines is 1. The molecule has 0 aliphatic rings. The van der Waals surface area contributed by atoms with Gasteiger partial charge in [-0.2, -0.15) is 0 Å². The number of nitrogens with one attached hydrogen (secondary N) is 2. The zero-order chi connectivity index (χ0) is 21.7. The van der Waals surface area contributed by atoms with Crippen LogP contribution in [0.25, 0.3) is 0 Å². The standard InChI is InChI=1S/C22H17F2N3O3/c23-18-10-16(20(28)14-4-2-1-3-5-14)17(11-19(18)24)21(29)26-12-13-6-8-15(9-7-13)27-22(25)30/h1-11H,12H2,(H,26,29)(H3,25,27,30). The van der Waals surface area contributed by atoms with Crippen molar-refractivity contribution in [2.24, 2.45) is 5.73 Å². The minimum Gasteiger partial charge on any atom is -0.351 e. The Bertz CT molecular complexity index is 1100. The summed E-state index contributed by atoms with van der Waals surface area (Å²) in [5, 5.41) is 4.98. The van der Waals surface area contributed by atoms with Crippen LogP contribution in [0.3, 0.4) is 0 Å². The largest absolute Gasteiger partial charge is 0.351 e. The summed E-state index contributed by atoms with van der Waals surface area (Å²) in [4.78, 5) is 36.2. The van der Waals surface area contributed by atoms with Gasteiger partial charge in [-0.25, -0.2) is 13.6 Å². The lowest BCUT2D eigenvalue weighted by Crippen LogP contribution is -2.25. The molecule has 0 bridgehead atoms. The molecule has 30 heavy (non-hydrogen) atoms. The van der Waals surface area contributed by atoms with Gasteiger partial charge in [0.2, 0.25) is 0 Å². The number of nitrogens with two attached hydrogens (primary N) is 1. The van der Waals surface area contributed by atoms with Gasteiger partial charge in [0.15, 0.2) is 17.4 Å². The molecular formula is C22H17F2N3O3. The zero-order valence-corrected chi connectivity index (χ0v) is 15.6. The van der Waals surface area contributed by atoms with Gasteiger partial charge < -0.3 is 16.4 Å². The topological polar surface area (TPSA) is 101 Å². The van der Waals surface area contributed by atoms with Gasteiger partial charge in [-0.15, -0.1) is 0 Å². The molecule has 6 nitrogen and oxygen atoms in total. The lowest BCUT2D eigenvalue weighted by Gasteiger charge is -2.11. The van der Waals surface area contributed by atoms with Crippen molar-refractivity contribution in [3.8, 4) is 0 Å². The first-order valence-corrected chi connectivity index (χ1v) is 8.87. The molecule has 0 atom stereocenters. The maximum absolute atomic E-state index is 13.8. The average Bonchev–Trinajstić information content (AvgIpc) is 2.74. The third-order valence-corrected chi connectivity index (χ3v) is 4.26. The van der Waals surface area contributed by atoms with E-state index in [-0.39, 0.29) is 23.2 Å². The Morgan fingerprint density at radius 1 is 0.833 bits per heavy atom. The molecular weight excluding hydrogens is 392 g/mol. The fourth-order valence-corrected chi connectivity index (χ4v) is 2.79. The maximum Gasteiger partial charge on any atom is 0.316 e. The molecule has 0 radical (unpaired) electrons. The predicted octanol–water partition coefficient (Wildman–Crippen LogP) is 3.62. The quantitative estimate of drug-likeness (QED) is 0.542. The van der Waals surface area contributed by atoms with Crippen LogP contribution in [0.15, 0.2) is 66.7 Å². The van der Waals surface area contributed by atoms with Gasteiger partial charge in [-0.1, -0.05) is 42.5 Å². The molecule has 0 aliphatic carbocycles. The molecule has 0 heterocycles. The number of hydrogen-bond donors (Lipinski definition) is 3. The highest BCUT2D eigenvalue weighted by molar-refractivity contribution is 6.15. The van der Waals surface area contributed by atoms with Crippen molar-refractivity contribution in [1.82, 2.24) is 5.32 Å². The van der Waals surface area contributed by atoms with Crippen molar-refractivity contribution < 1.29 is 23.2 Å². The lowest BCUT2D eigenvalue weighted by atomic mass is 9.97. The molecule has 8 heteroatoms. The van der Waals surface area contributed by atoms with E-state index in [1.54, 1.807) is 42.5 Å². The summed E-state index contributed by atoms with van der Waals surface area (Å²) in [6, 6.07) is 15.2. The number of carbonyl (C=O) groups is 3. The van der Waals surface area contributed by atoms with Crippen molar-refractivity contribution in [2.45, 2.75) is 6.54 Å². The summed E-state index contributed by atoms with van der Waals surface area (Å²) in [5.41, 5.74) is 5.93. The predicted molar refractivity (Wildman–Crippen MR) is 107 cm³/mol. The first-order chi connectivity index (χ1) is 14.3. The minimum atomic E-state index is -1.23. The van der Waals surface area contributed by atoms with E-state index in [1.165, 1.54) is 12.1 Å². The van der Waals surface area contributed by atoms with Crippen molar-refractivity contribution >= 4 is 23.4 Å². The zero-order valence-electron chi connectivity index (χ0n) is 15.6. The van der Waals surface area contributed by atoms with Gasteiger partial charge >= 0.3 is 6.03 Å². The molecule has 3 amide bonds. The summed E-state index contributed by atoms with van der Waals surface area (Å²) in [6.07, 6.45) is 0. The van der Waals surface area contributed by atoms with Gasteiger partial charge in [0.1, 0.15) is 0 Å². The Labute approximate surface area is 170 Å². The number of halogens is 2. The van der Waals surface area contributed by atoms with Crippen molar-refractivity contribution in [3.05, 3.63) is 101 Å². The van der Waals surface area contributed by atoms with E-state index in [9.17, 15) is 23.2 Å². The van der Waals surface area contributed by atoms with Crippen LogP contribution in [-0.4, -0.2) is 17.7 Å². The van der Waals surface area contributed by atoms with Gasteiger partial charge in [0.05, 0.1) is 5.56 Å². The van der Waals surface area contributed by atoms with E-state index in [0.717, 1.165) is 6.07 Å². The van der Waals surface area contributed by atoms with E-state index in [2.05, 4.69) is 10.6 Å². The van der Waals surface area contributed by atoms with Crippen molar-refractivity contribution in [2.75, 3.05) is 5.32 Å². The molecule has 0 spiro atoms. The highest BCUT2D eigenvalue weighted by atomic mass is 19.2. The Kier molecular flexibility index (Phi) is 6.17. The van der Waals surface area contributed by atoms with E-state index in [0.29, 0.717) is 17.3 Å². The number of amides is 3. The van der Waals surface area contributed by atoms with E-state index in [4.69, 9.17) is 5.73 Å². The van der Waals surface area contributed by atoms with Gasteiger partial charge in [0, 0.05) is 23.4 Å². The van der Waals surface area contributed by atoms with Gasteiger partial charge in [-0.3, -0.25) is 9.59 Å². The van der Waals surface area contributed by atoms with Crippen LogP contribution < -0.4 is 16.4 Å². The number of benzene rings is 3. The molecule has 152 valence electrons. The smallest absolute Gasteiger partial charge is 0.316 e. The normalized spacial score (nSPS) is 10.3. The SMILES string of the molecule is NC(=O)Nc1ccc(CNC(=O)c2cc(F)c(F)cc2C(=O)c2ccccc2)cc1. The van der Waals surface area contributed by atoms with Crippen LogP contribution in [0.4, 0.5) is 19.3 Å². The van der Waals surface area contributed by atoms with Gasteiger partial charge in [0.25, 0.3) is 5.91 Å². The molecule has 3 aromatic carbocycles. The first-order valence-electron chi connectivity index (χ1n) is 8.87. The molecule has 0 unspecified atom stereocenters. The summed E-state index contributed by atoms with van der Waals surface area (Å²) < 4.78 is 27.6. The second-order valence-electron chi connectivity index (χ2n) is 6.38. The maximum atomic E-state index is 13.8. The van der Waals surface area contributed by atoms with E-state index < -0.39 is 29.4 Å². The number of primary amides is 1. The Morgan fingerprint density at radius 3 is 2.03 bits per heavy atom. The molecule has 3 rings (SSSR count). The minimum absolute atomic E-state index is 0.0631. The summed E-state index contributed by atoms with van der Waals surface area (Å²) >= 11 is 0.